The van der Waals surface area contributed by atoms with Gasteiger partial charge in [-0.15, -0.1) is 0 Å². The van der Waals surface area contributed by atoms with Gasteiger partial charge in [-0.1, -0.05) is 0 Å². The van der Waals surface area contributed by atoms with Gasteiger partial charge in [-0.3, -0.25) is 4.98 Å². The Morgan fingerprint density at radius 1 is 1.29 bits per heavy atom. The topological polar surface area (TPSA) is 139 Å². The summed E-state index contributed by atoms with van der Waals surface area (Å²) < 4.78 is 39.0. The van der Waals surface area contributed by atoms with Crippen molar-refractivity contribution in [2.75, 3.05) is 33.1 Å². The summed E-state index contributed by atoms with van der Waals surface area (Å²) in [4.78, 5) is 9.25. The van der Waals surface area contributed by atoms with E-state index >= 15 is 0 Å². The molecule has 4 N–H and O–H groups in total. The van der Waals surface area contributed by atoms with Crippen LogP contribution >= 0.6 is 0 Å². The molecule has 0 saturated carbocycles. The molecule has 184 valence electrons. The summed E-state index contributed by atoms with van der Waals surface area (Å²) in [7, 11) is -1.86. The molecule has 1 fully saturated rings. The Morgan fingerprint density at radius 3 is 2.59 bits per heavy atom. The van der Waals surface area contributed by atoms with Gasteiger partial charge in [0.25, 0.3) is 0 Å². The number of hydrogen-bond donors (Lipinski definition) is 2. The first-order chi connectivity index (χ1) is 16.1. The van der Waals surface area contributed by atoms with Crippen LogP contribution in [0.15, 0.2) is 29.1 Å². The minimum absolute atomic E-state index is 0.152. The van der Waals surface area contributed by atoms with Crippen molar-refractivity contribution < 1.29 is 17.9 Å². The molecule has 0 atom stereocenters. The van der Waals surface area contributed by atoms with Crippen molar-refractivity contribution in [1.29, 1.82) is 0 Å². The molecule has 34 heavy (non-hydrogen) atoms. The van der Waals surface area contributed by atoms with Crippen LogP contribution < -0.4 is 16.3 Å². The molecular weight excluding hydrogens is 456 g/mol. The highest BCUT2D eigenvalue weighted by Crippen LogP contribution is 2.39. The van der Waals surface area contributed by atoms with Gasteiger partial charge >= 0.3 is 0 Å². The highest BCUT2D eigenvalue weighted by atomic mass is 32.2. The molecule has 0 unspecified atom stereocenters. The van der Waals surface area contributed by atoms with Gasteiger partial charge < -0.3 is 24.8 Å². The molecule has 0 aliphatic carbocycles. The lowest BCUT2D eigenvalue weighted by atomic mass is 10.0. The Hall–Kier alpha value is -2.89. The molecule has 11 heteroatoms. The van der Waals surface area contributed by atoms with Crippen molar-refractivity contribution in [2.24, 2.45) is 17.5 Å². The fourth-order valence-electron chi connectivity index (χ4n) is 4.65. The number of rotatable bonds is 7. The first-order valence-electron chi connectivity index (χ1n) is 11.3. The van der Waals surface area contributed by atoms with Crippen molar-refractivity contribution in [3.05, 3.63) is 29.7 Å². The fraction of sp³-hybridized carbons (Fsp3) is 0.478. The van der Waals surface area contributed by atoms with Gasteiger partial charge in [0.2, 0.25) is 5.88 Å². The average molecular weight is 489 g/mol. The zero-order valence-corrected chi connectivity index (χ0v) is 20.9. The number of aromatic nitrogens is 3. The third kappa shape index (κ3) is 4.42. The summed E-state index contributed by atoms with van der Waals surface area (Å²) in [6.07, 6.45) is 6.06. The van der Waals surface area contributed by atoms with Crippen molar-refractivity contribution in [1.82, 2.24) is 19.5 Å². The molecule has 1 aliphatic heterocycles. The lowest BCUT2D eigenvalue weighted by Gasteiger charge is -2.24. The second kappa shape index (κ2) is 9.40. The summed E-state index contributed by atoms with van der Waals surface area (Å²) in [6, 6.07) is 1.96. The average Bonchev–Trinajstić information content (AvgIpc) is 3.07. The predicted molar refractivity (Wildman–Crippen MR) is 132 cm³/mol. The molecule has 10 nitrogen and oxygen atoms in total. The normalized spacial score (nSPS) is 16.1. The van der Waals surface area contributed by atoms with Gasteiger partial charge in [-0.2, -0.15) is 0 Å². The van der Waals surface area contributed by atoms with E-state index in [0.717, 1.165) is 23.9 Å². The minimum atomic E-state index is -3.57. The monoisotopic (exact) mass is 488 g/mol. The number of ether oxygens (including phenoxy) is 2. The Balaban J connectivity index is 2.10. The number of pyridine rings is 2. The van der Waals surface area contributed by atoms with Crippen LogP contribution in [-0.4, -0.2) is 61.1 Å². The Kier molecular flexibility index (Phi) is 6.70. The van der Waals surface area contributed by atoms with Crippen molar-refractivity contribution >= 4 is 37.5 Å². The van der Waals surface area contributed by atoms with Crippen LogP contribution in [0.5, 0.6) is 5.88 Å². The summed E-state index contributed by atoms with van der Waals surface area (Å²) in [5.41, 5.74) is 10.0. The SMILES string of the molecule is CCOc1ncc(S(C)(=O)=O)c2c1c1ncc(/C(=C(\C)N)N(C)N)cc1n2CC1CCOCC1. The molecule has 0 aromatic carbocycles. The number of allylic oxidation sites excluding steroid dienone is 1. The maximum Gasteiger partial charge on any atom is 0.225 e. The highest BCUT2D eigenvalue weighted by molar-refractivity contribution is 7.91. The molecule has 0 bridgehead atoms. The zero-order chi connectivity index (χ0) is 24.6. The Morgan fingerprint density at radius 2 is 2.00 bits per heavy atom. The fourth-order valence-corrected chi connectivity index (χ4v) is 5.46. The van der Waals surface area contributed by atoms with Gasteiger partial charge in [-0.25, -0.2) is 19.2 Å². The van der Waals surface area contributed by atoms with Gasteiger partial charge in [0.05, 0.1) is 34.9 Å². The molecule has 0 amide bonds. The molecule has 1 aliphatic rings. The molecule has 0 radical (unpaired) electrons. The summed E-state index contributed by atoms with van der Waals surface area (Å²) in [5.74, 6) is 6.75. The van der Waals surface area contributed by atoms with E-state index in [1.807, 2.05) is 17.6 Å². The first-order valence-corrected chi connectivity index (χ1v) is 13.2. The van der Waals surface area contributed by atoms with Crippen LogP contribution in [0.3, 0.4) is 0 Å². The van der Waals surface area contributed by atoms with Crippen LogP contribution in [0, 0.1) is 5.92 Å². The van der Waals surface area contributed by atoms with E-state index in [4.69, 9.17) is 26.0 Å². The summed E-state index contributed by atoms with van der Waals surface area (Å²) in [5, 5.41) is 2.05. The van der Waals surface area contributed by atoms with E-state index in [1.54, 1.807) is 20.2 Å². The predicted octanol–water partition coefficient (Wildman–Crippen LogP) is 2.27. The van der Waals surface area contributed by atoms with Crippen LogP contribution in [-0.2, 0) is 21.1 Å². The molecule has 1 saturated heterocycles. The Labute approximate surface area is 199 Å². The second-order valence-electron chi connectivity index (χ2n) is 8.76. The van der Waals surface area contributed by atoms with Gasteiger partial charge in [0, 0.05) is 50.5 Å². The van der Waals surface area contributed by atoms with Crippen LogP contribution in [0.1, 0.15) is 32.3 Å². The maximum absolute atomic E-state index is 12.8. The smallest absolute Gasteiger partial charge is 0.225 e. The third-order valence-corrected chi connectivity index (χ3v) is 7.21. The quantitative estimate of drug-likeness (QED) is 0.379. The van der Waals surface area contributed by atoms with E-state index < -0.39 is 9.84 Å². The van der Waals surface area contributed by atoms with Crippen LogP contribution in [0.25, 0.3) is 27.6 Å². The molecular formula is C23H32N6O4S. The number of fused-ring (bicyclic) bond motifs is 3. The minimum Gasteiger partial charge on any atom is -0.477 e. The van der Waals surface area contributed by atoms with Crippen LogP contribution in [0.4, 0.5) is 0 Å². The highest BCUT2D eigenvalue weighted by Gasteiger charge is 2.27. The second-order valence-corrected chi connectivity index (χ2v) is 10.7. The van der Waals surface area contributed by atoms with E-state index in [9.17, 15) is 8.42 Å². The van der Waals surface area contributed by atoms with E-state index in [1.165, 1.54) is 17.5 Å². The zero-order valence-electron chi connectivity index (χ0n) is 20.0. The lowest BCUT2D eigenvalue weighted by molar-refractivity contribution is 0.0619. The molecule has 0 spiro atoms. The number of hydrazine groups is 1. The van der Waals surface area contributed by atoms with Crippen LogP contribution in [0.2, 0.25) is 0 Å². The number of nitrogens with zero attached hydrogens (tertiary/aromatic N) is 4. The largest absolute Gasteiger partial charge is 0.477 e. The van der Waals surface area contributed by atoms with Gasteiger partial charge in [0.1, 0.15) is 10.4 Å². The van der Waals surface area contributed by atoms with Crippen molar-refractivity contribution in [3.63, 3.8) is 0 Å². The number of sulfone groups is 1. The Bertz CT molecular complexity index is 1350. The first kappa shape index (κ1) is 24.2. The van der Waals surface area contributed by atoms with Gasteiger partial charge in [0.15, 0.2) is 9.84 Å². The number of hydrogen-bond acceptors (Lipinski definition) is 9. The van der Waals surface area contributed by atoms with E-state index in [0.29, 0.717) is 66.0 Å². The number of nitrogens with two attached hydrogens (primary N) is 2. The van der Waals surface area contributed by atoms with Gasteiger partial charge in [-0.05, 0) is 38.7 Å². The molecule has 3 aromatic heterocycles. The third-order valence-electron chi connectivity index (χ3n) is 6.11. The maximum atomic E-state index is 12.8. The molecule has 3 aromatic rings. The van der Waals surface area contributed by atoms with Crippen molar-refractivity contribution in [2.45, 2.75) is 38.1 Å². The summed E-state index contributed by atoms with van der Waals surface area (Å²) >= 11 is 0. The van der Waals surface area contributed by atoms with E-state index in [2.05, 4.69) is 4.98 Å². The molecule has 4 rings (SSSR count). The standard InChI is InChI=1S/C23H32N6O4S/c1-5-33-23-19-20-17(10-16(11-26-20)21(14(2)24)28(3)25)29(13-15-6-8-32-9-7-15)22(19)18(12-27-23)34(4,30)31/h10-12,15H,5-9,13,24-25H2,1-4H3/b21-14-. The summed E-state index contributed by atoms with van der Waals surface area (Å²) in [6.45, 7) is 6.02. The molecule has 4 heterocycles. The van der Waals surface area contributed by atoms with E-state index in [-0.39, 0.29) is 4.90 Å². The lowest BCUT2D eigenvalue weighted by Crippen LogP contribution is -2.26. The van der Waals surface area contributed by atoms with Crippen molar-refractivity contribution in [3.8, 4) is 5.88 Å².